The average Bonchev–Trinajstić information content (AvgIpc) is 2.03. The van der Waals surface area contributed by atoms with Gasteiger partial charge in [0.1, 0.15) is 0 Å². The van der Waals surface area contributed by atoms with Crippen LogP contribution in [0.5, 0.6) is 0 Å². The molecule has 0 radical (unpaired) electrons. The van der Waals surface area contributed by atoms with Gasteiger partial charge in [-0.1, -0.05) is 34.6 Å². The van der Waals surface area contributed by atoms with Crippen LogP contribution < -0.4 is 5.32 Å². The zero-order chi connectivity index (χ0) is 10.1. The second-order valence-electron chi connectivity index (χ2n) is 4.92. The smallest absolute Gasteiger partial charge is 0.0238 e. The van der Waals surface area contributed by atoms with E-state index < -0.39 is 0 Å². The molecule has 0 aromatic rings. The standard InChI is InChI=1S/C11H21NS/c1-8(2)9-10(11(3,4)5)13-7-6-12-9/h8,12H,6-7H2,1-5H3. The first kappa shape index (κ1) is 11.0. The van der Waals surface area contributed by atoms with Gasteiger partial charge in [0.2, 0.25) is 0 Å². The van der Waals surface area contributed by atoms with Gasteiger partial charge >= 0.3 is 0 Å². The predicted octanol–water partition coefficient (Wildman–Crippen LogP) is 3.24. The van der Waals surface area contributed by atoms with E-state index in [0.717, 1.165) is 6.54 Å². The van der Waals surface area contributed by atoms with Gasteiger partial charge in [0.05, 0.1) is 0 Å². The van der Waals surface area contributed by atoms with Gasteiger partial charge in [-0.3, -0.25) is 0 Å². The van der Waals surface area contributed by atoms with Crippen molar-refractivity contribution in [2.24, 2.45) is 11.3 Å². The number of rotatable bonds is 1. The van der Waals surface area contributed by atoms with Crippen LogP contribution in [0.1, 0.15) is 34.6 Å². The van der Waals surface area contributed by atoms with Crippen LogP contribution in [0.3, 0.4) is 0 Å². The second-order valence-corrected chi connectivity index (χ2v) is 6.03. The van der Waals surface area contributed by atoms with E-state index in [1.54, 1.807) is 4.91 Å². The Labute approximate surface area is 86.4 Å². The Morgan fingerprint density at radius 2 is 1.92 bits per heavy atom. The average molecular weight is 199 g/mol. The van der Waals surface area contributed by atoms with Gasteiger partial charge in [0, 0.05) is 22.9 Å². The summed E-state index contributed by atoms with van der Waals surface area (Å²) >= 11 is 2.02. The Hall–Kier alpha value is -0.110. The van der Waals surface area contributed by atoms with Gasteiger partial charge < -0.3 is 5.32 Å². The summed E-state index contributed by atoms with van der Waals surface area (Å²) < 4.78 is 0. The molecule has 2 heteroatoms. The summed E-state index contributed by atoms with van der Waals surface area (Å²) in [5.41, 5.74) is 1.77. The second kappa shape index (κ2) is 3.95. The number of hydrogen-bond acceptors (Lipinski definition) is 2. The molecule has 0 saturated carbocycles. The summed E-state index contributed by atoms with van der Waals surface area (Å²) in [6, 6.07) is 0. The Morgan fingerprint density at radius 3 is 2.31 bits per heavy atom. The molecule has 1 heterocycles. The molecule has 0 aliphatic carbocycles. The Kier molecular flexibility index (Phi) is 3.33. The van der Waals surface area contributed by atoms with Crippen molar-refractivity contribution in [2.45, 2.75) is 34.6 Å². The minimum absolute atomic E-state index is 0.303. The first-order valence-corrected chi connectivity index (χ1v) is 6.03. The SMILES string of the molecule is CC(C)C1=C(C(C)(C)C)SCCN1. The highest BCUT2D eigenvalue weighted by Crippen LogP contribution is 2.39. The Bertz CT molecular complexity index is 211. The molecule has 0 aromatic carbocycles. The lowest BCUT2D eigenvalue weighted by atomic mass is 9.92. The fourth-order valence-corrected chi connectivity index (χ4v) is 2.89. The van der Waals surface area contributed by atoms with Crippen LogP contribution in [-0.4, -0.2) is 12.3 Å². The van der Waals surface area contributed by atoms with Crippen molar-refractivity contribution in [2.75, 3.05) is 12.3 Å². The van der Waals surface area contributed by atoms with E-state index in [0.29, 0.717) is 11.3 Å². The lowest BCUT2D eigenvalue weighted by Crippen LogP contribution is -2.29. The van der Waals surface area contributed by atoms with Gasteiger partial charge in [0.15, 0.2) is 0 Å². The molecule has 1 rings (SSSR count). The molecule has 0 aromatic heterocycles. The summed E-state index contributed by atoms with van der Waals surface area (Å²) in [5.74, 6) is 1.84. The minimum atomic E-state index is 0.303. The van der Waals surface area contributed by atoms with Crippen LogP contribution in [0.15, 0.2) is 10.6 Å². The van der Waals surface area contributed by atoms with Crippen molar-refractivity contribution >= 4 is 11.8 Å². The number of allylic oxidation sites excluding steroid dienone is 2. The van der Waals surface area contributed by atoms with E-state index in [9.17, 15) is 0 Å². The molecule has 1 N–H and O–H groups in total. The van der Waals surface area contributed by atoms with E-state index in [-0.39, 0.29) is 0 Å². The largest absolute Gasteiger partial charge is 0.387 e. The molecule has 1 aliphatic heterocycles. The molecule has 0 spiro atoms. The van der Waals surface area contributed by atoms with Gasteiger partial charge in [-0.2, -0.15) is 0 Å². The molecule has 0 unspecified atom stereocenters. The van der Waals surface area contributed by atoms with Crippen LogP contribution in [0.2, 0.25) is 0 Å². The van der Waals surface area contributed by atoms with Gasteiger partial charge in [-0.05, 0) is 11.3 Å². The third-order valence-electron chi connectivity index (χ3n) is 2.17. The molecule has 0 atom stereocenters. The molecule has 76 valence electrons. The predicted molar refractivity (Wildman–Crippen MR) is 61.8 cm³/mol. The highest BCUT2D eigenvalue weighted by Gasteiger charge is 2.25. The van der Waals surface area contributed by atoms with Crippen molar-refractivity contribution < 1.29 is 0 Å². The van der Waals surface area contributed by atoms with E-state index in [1.807, 2.05) is 11.8 Å². The highest BCUT2D eigenvalue weighted by molar-refractivity contribution is 8.03. The Morgan fingerprint density at radius 1 is 1.31 bits per heavy atom. The number of hydrogen-bond donors (Lipinski definition) is 1. The quantitative estimate of drug-likeness (QED) is 0.696. The Balaban J connectivity index is 2.97. The first-order valence-electron chi connectivity index (χ1n) is 5.04. The molecule has 0 bridgehead atoms. The number of thioether (sulfide) groups is 1. The van der Waals surface area contributed by atoms with Crippen LogP contribution in [0.25, 0.3) is 0 Å². The van der Waals surface area contributed by atoms with Crippen molar-refractivity contribution in [1.29, 1.82) is 0 Å². The van der Waals surface area contributed by atoms with E-state index in [4.69, 9.17) is 0 Å². The molecule has 1 nitrogen and oxygen atoms in total. The van der Waals surface area contributed by atoms with Crippen LogP contribution in [-0.2, 0) is 0 Å². The van der Waals surface area contributed by atoms with Crippen molar-refractivity contribution in [3.05, 3.63) is 10.6 Å². The van der Waals surface area contributed by atoms with Crippen LogP contribution in [0, 0.1) is 11.3 Å². The van der Waals surface area contributed by atoms with E-state index >= 15 is 0 Å². The van der Waals surface area contributed by atoms with E-state index in [1.165, 1.54) is 11.4 Å². The van der Waals surface area contributed by atoms with E-state index in [2.05, 4.69) is 39.9 Å². The monoisotopic (exact) mass is 199 g/mol. The highest BCUT2D eigenvalue weighted by atomic mass is 32.2. The fraction of sp³-hybridized carbons (Fsp3) is 0.818. The first-order chi connectivity index (χ1) is 5.93. The lowest BCUT2D eigenvalue weighted by Gasteiger charge is -2.32. The maximum atomic E-state index is 3.53. The van der Waals surface area contributed by atoms with Gasteiger partial charge in [-0.15, -0.1) is 11.8 Å². The summed E-state index contributed by atoms with van der Waals surface area (Å²) in [6.45, 7) is 12.5. The van der Waals surface area contributed by atoms with Gasteiger partial charge in [-0.25, -0.2) is 0 Å². The summed E-state index contributed by atoms with van der Waals surface area (Å²) in [7, 11) is 0. The number of nitrogens with one attached hydrogen (secondary N) is 1. The third-order valence-corrected chi connectivity index (χ3v) is 3.70. The summed E-state index contributed by atoms with van der Waals surface area (Å²) in [6.07, 6.45) is 0. The van der Waals surface area contributed by atoms with Crippen molar-refractivity contribution in [3.63, 3.8) is 0 Å². The molecular weight excluding hydrogens is 178 g/mol. The molecule has 0 fully saturated rings. The molecule has 0 amide bonds. The zero-order valence-electron chi connectivity index (χ0n) is 9.40. The van der Waals surface area contributed by atoms with Crippen molar-refractivity contribution in [1.82, 2.24) is 5.32 Å². The summed E-state index contributed by atoms with van der Waals surface area (Å²) in [4.78, 5) is 1.55. The molecule has 1 aliphatic rings. The maximum absolute atomic E-state index is 3.53. The normalized spacial score (nSPS) is 19.2. The minimum Gasteiger partial charge on any atom is -0.387 e. The summed E-state index contributed by atoms with van der Waals surface area (Å²) in [5, 5.41) is 3.53. The van der Waals surface area contributed by atoms with Crippen LogP contribution in [0.4, 0.5) is 0 Å². The molecule has 0 saturated heterocycles. The third kappa shape index (κ3) is 2.67. The lowest BCUT2D eigenvalue weighted by molar-refractivity contribution is 0.504. The van der Waals surface area contributed by atoms with Crippen LogP contribution >= 0.6 is 11.8 Å². The molecule has 13 heavy (non-hydrogen) atoms. The zero-order valence-corrected chi connectivity index (χ0v) is 10.2. The van der Waals surface area contributed by atoms with Crippen molar-refractivity contribution in [3.8, 4) is 0 Å². The topological polar surface area (TPSA) is 12.0 Å². The fourth-order valence-electron chi connectivity index (χ4n) is 1.58. The maximum Gasteiger partial charge on any atom is 0.0238 e. The molecular formula is C11H21NS. The van der Waals surface area contributed by atoms with Gasteiger partial charge in [0.25, 0.3) is 0 Å².